The van der Waals surface area contributed by atoms with E-state index in [1.807, 2.05) is 18.2 Å². The van der Waals surface area contributed by atoms with Crippen LogP contribution in [-0.2, 0) is 18.5 Å². The van der Waals surface area contributed by atoms with Crippen molar-refractivity contribution in [2.75, 3.05) is 18.4 Å². The zero-order valence-corrected chi connectivity index (χ0v) is 26.2. The number of nitrogens with one attached hydrogen (secondary N) is 2. The number of nitrogens with zero attached hydrogens (tertiary/aromatic N) is 4. The minimum absolute atomic E-state index is 0.129. The Balaban J connectivity index is 1.09. The third kappa shape index (κ3) is 6.98. The lowest BCUT2D eigenvalue weighted by atomic mass is 9.87. The smallest absolute Gasteiger partial charge is 0.341 e. The fraction of sp³-hybridized carbons (Fsp3) is 0.343. The summed E-state index contributed by atoms with van der Waals surface area (Å²) in [6, 6.07) is 23.1. The molecule has 2 N–H and O–H groups in total. The zero-order valence-electron chi connectivity index (χ0n) is 25.4. The highest BCUT2D eigenvalue weighted by Gasteiger charge is 2.17. The van der Waals surface area contributed by atoms with Crippen molar-refractivity contribution >= 4 is 49.8 Å². The van der Waals surface area contributed by atoms with Gasteiger partial charge in [-0.05, 0) is 72.2 Å². The number of hydrazone groups is 1. The molecular weight excluding hydrogens is 552 g/mol. The molecule has 2 aromatic heterocycles. The number of likely N-dealkylation sites (tertiary alicyclic amines) is 1. The minimum atomic E-state index is -0.416. The molecule has 1 saturated heterocycles. The van der Waals surface area contributed by atoms with Crippen LogP contribution in [0.1, 0.15) is 62.8 Å². The lowest BCUT2D eigenvalue weighted by molar-refractivity contribution is 0.185. The van der Waals surface area contributed by atoms with Crippen LogP contribution < -0.4 is 10.7 Å². The van der Waals surface area contributed by atoms with Gasteiger partial charge in [-0.2, -0.15) is 5.10 Å². The molecule has 1 aliphatic heterocycles. The first-order chi connectivity index (χ1) is 20.7. The maximum Gasteiger partial charge on any atom is 0.341 e. The Morgan fingerprint density at radius 3 is 2.53 bits per heavy atom. The van der Waals surface area contributed by atoms with Gasteiger partial charge in [0.15, 0.2) is 5.13 Å². The summed E-state index contributed by atoms with van der Waals surface area (Å²) < 4.78 is 3.30. The number of carbonyl (C=O) groups is 1. The molecule has 1 aliphatic rings. The molecule has 0 atom stereocenters. The molecule has 3 aromatic carbocycles. The van der Waals surface area contributed by atoms with Crippen LogP contribution in [0.4, 0.5) is 9.93 Å². The van der Waals surface area contributed by atoms with Gasteiger partial charge in [0.05, 0.1) is 16.4 Å². The Morgan fingerprint density at radius 2 is 1.77 bits per heavy atom. The topological polar surface area (TPSA) is 74.6 Å². The number of aromatic nitrogens is 2. The highest BCUT2D eigenvalue weighted by Crippen LogP contribution is 2.28. The number of fused-ring (bicyclic) bond motifs is 2. The fourth-order valence-corrected chi connectivity index (χ4v) is 6.63. The molecule has 5 aromatic rings. The summed E-state index contributed by atoms with van der Waals surface area (Å²) in [6.07, 6.45) is 6.32. The van der Waals surface area contributed by atoms with Crippen molar-refractivity contribution in [3.05, 3.63) is 95.2 Å². The Labute approximate surface area is 257 Å². The van der Waals surface area contributed by atoms with Gasteiger partial charge in [-0.1, -0.05) is 87.6 Å². The SMILES string of the molecule is CC1CCN(Cc2ccc3nc(NC(=O)N/N=C/c4cn(Cc5ccc(C(C)(C)C)cc5)c5ccccc45)sc3c2)CC1. The fourth-order valence-electron chi connectivity index (χ4n) is 5.70. The minimum Gasteiger partial charge on any atom is -0.342 e. The first-order valence-electron chi connectivity index (χ1n) is 15.1. The van der Waals surface area contributed by atoms with Gasteiger partial charge < -0.3 is 4.57 Å². The highest BCUT2D eigenvalue weighted by molar-refractivity contribution is 7.22. The molecule has 0 spiro atoms. The first-order valence-corrected chi connectivity index (χ1v) is 15.9. The summed E-state index contributed by atoms with van der Waals surface area (Å²) in [6.45, 7) is 13.0. The Morgan fingerprint density at radius 1 is 1.02 bits per heavy atom. The van der Waals surface area contributed by atoms with Crippen molar-refractivity contribution in [3.8, 4) is 0 Å². The summed E-state index contributed by atoms with van der Waals surface area (Å²) in [5.74, 6) is 0.826. The van der Waals surface area contributed by atoms with Gasteiger partial charge in [-0.15, -0.1) is 0 Å². The standard InChI is InChI=1S/C35H40N6OS/c1-24-15-17-40(18-16-24)21-26-11-14-30-32(19-26)43-34(37-30)38-33(42)39-36-20-27-23-41(31-8-6-5-7-29(27)31)22-25-9-12-28(13-10-25)35(2,3)4/h5-14,19-20,23-24H,15-18,21-22H2,1-4H3,(H2,37,38,39,42)/b36-20+. The number of amides is 2. The third-order valence-corrected chi connectivity index (χ3v) is 9.25. The largest absolute Gasteiger partial charge is 0.342 e. The summed E-state index contributed by atoms with van der Waals surface area (Å²) in [4.78, 5) is 19.8. The van der Waals surface area contributed by atoms with E-state index in [0.717, 1.165) is 58.8 Å². The summed E-state index contributed by atoms with van der Waals surface area (Å²) in [7, 11) is 0. The quantitative estimate of drug-likeness (QED) is 0.149. The number of para-hydroxylation sites is 1. The highest BCUT2D eigenvalue weighted by atomic mass is 32.1. The molecule has 3 heterocycles. The van der Waals surface area contributed by atoms with E-state index in [4.69, 9.17) is 0 Å². The molecule has 2 amide bonds. The molecule has 8 heteroatoms. The van der Waals surface area contributed by atoms with E-state index in [9.17, 15) is 4.79 Å². The second-order valence-corrected chi connectivity index (χ2v) is 13.8. The maximum atomic E-state index is 12.7. The van der Waals surface area contributed by atoms with Crippen LogP contribution in [0.2, 0.25) is 0 Å². The molecule has 0 bridgehead atoms. The lowest BCUT2D eigenvalue weighted by Crippen LogP contribution is -2.32. The van der Waals surface area contributed by atoms with E-state index in [1.165, 1.54) is 40.9 Å². The maximum absolute atomic E-state index is 12.7. The monoisotopic (exact) mass is 592 g/mol. The molecule has 43 heavy (non-hydrogen) atoms. The number of hydrogen-bond donors (Lipinski definition) is 2. The molecule has 0 radical (unpaired) electrons. The Bertz CT molecular complexity index is 1750. The summed E-state index contributed by atoms with van der Waals surface area (Å²) in [5, 5.41) is 8.74. The number of benzene rings is 3. The van der Waals surface area contributed by atoms with Gasteiger partial charge >= 0.3 is 6.03 Å². The molecule has 0 aliphatic carbocycles. The van der Waals surface area contributed by atoms with E-state index in [1.54, 1.807) is 6.21 Å². The molecular formula is C35H40N6OS. The predicted octanol–water partition coefficient (Wildman–Crippen LogP) is 7.98. The van der Waals surface area contributed by atoms with E-state index in [0.29, 0.717) is 5.13 Å². The second-order valence-electron chi connectivity index (χ2n) is 12.8. The van der Waals surface area contributed by atoms with Crippen LogP contribution in [0.25, 0.3) is 21.1 Å². The molecule has 7 nitrogen and oxygen atoms in total. The molecule has 0 saturated carbocycles. The predicted molar refractivity (Wildman–Crippen MR) is 179 cm³/mol. The summed E-state index contributed by atoms with van der Waals surface area (Å²) >= 11 is 1.48. The Hall–Kier alpha value is -4.01. The third-order valence-electron chi connectivity index (χ3n) is 8.32. The first kappa shape index (κ1) is 29.1. The van der Waals surface area contributed by atoms with Gasteiger partial charge in [0, 0.05) is 35.8 Å². The number of rotatable bonds is 7. The average Bonchev–Trinajstić information content (AvgIpc) is 3.54. The van der Waals surface area contributed by atoms with Crippen molar-refractivity contribution in [2.24, 2.45) is 11.0 Å². The van der Waals surface area contributed by atoms with E-state index >= 15 is 0 Å². The zero-order chi connectivity index (χ0) is 30.0. The number of anilines is 1. The van der Waals surface area contributed by atoms with E-state index in [2.05, 4.69) is 113 Å². The Kier molecular flexibility index (Phi) is 8.32. The number of piperidine rings is 1. The van der Waals surface area contributed by atoms with Crippen molar-refractivity contribution in [3.63, 3.8) is 0 Å². The van der Waals surface area contributed by atoms with Gasteiger partial charge in [0.25, 0.3) is 0 Å². The molecule has 6 rings (SSSR count). The normalized spacial score (nSPS) is 15.1. The number of thiazole rings is 1. The van der Waals surface area contributed by atoms with Gasteiger partial charge in [0.2, 0.25) is 0 Å². The van der Waals surface area contributed by atoms with E-state index in [-0.39, 0.29) is 5.41 Å². The number of urea groups is 1. The van der Waals surface area contributed by atoms with Crippen LogP contribution in [0.15, 0.2) is 78.0 Å². The molecule has 222 valence electrons. The molecule has 1 fully saturated rings. The van der Waals surface area contributed by atoms with Crippen molar-refractivity contribution in [2.45, 2.75) is 59.0 Å². The average molecular weight is 593 g/mol. The van der Waals surface area contributed by atoms with Crippen molar-refractivity contribution in [1.29, 1.82) is 0 Å². The molecule has 0 unspecified atom stereocenters. The van der Waals surface area contributed by atoms with Gasteiger partial charge in [-0.3, -0.25) is 10.2 Å². The van der Waals surface area contributed by atoms with Crippen LogP contribution in [0, 0.1) is 5.92 Å². The number of carbonyl (C=O) groups excluding carboxylic acids is 1. The van der Waals surface area contributed by atoms with Crippen LogP contribution in [0.5, 0.6) is 0 Å². The van der Waals surface area contributed by atoms with E-state index < -0.39 is 6.03 Å². The van der Waals surface area contributed by atoms with Crippen molar-refractivity contribution in [1.82, 2.24) is 19.9 Å². The van der Waals surface area contributed by atoms with Gasteiger partial charge in [-0.25, -0.2) is 15.2 Å². The van der Waals surface area contributed by atoms with Gasteiger partial charge in [0.1, 0.15) is 0 Å². The second kappa shape index (κ2) is 12.3. The van der Waals surface area contributed by atoms with Crippen molar-refractivity contribution < 1.29 is 4.79 Å². The van der Waals surface area contributed by atoms with Crippen LogP contribution in [0.3, 0.4) is 0 Å². The number of hydrogen-bond acceptors (Lipinski definition) is 5. The van der Waals surface area contributed by atoms with Crippen LogP contribution in [-0.4, -0.2) is 39.8 Å². The summed E-state index contributed by atoms with van der Waals surface area (Å²) in [5.41, 5.74) is 9.53. The van der Waals surface area contributed by atoms with Crippen LogP contribution >= 0.6 is 11.3 Å². The lowest BCUT2D eigenvalue weighted by Gasteiger charge is -2.30.